The highest BCUT2D eigenvalue weighted by Crippen LogP contribution is 2.32. The standard InChI is InChI=1S/C25H31F3N4O2/c1-4-19-8-5-6-11-22(19)29-23(33)17-30(3)24(34)18(2)31-12-14-32(15-13-31)21-10-7-9-20(16-21)25(26,27)28/h5-11,16,18H,4,12-15,17H2,1-3H3,(H,29,33). The first-order chi connectivity index (χ1) is 16.1. The Morgan fingerprint density at radius 2 is 1.74 bits per heavy atom. The lowest BCUT2D eigenvalue weighted by molar-refractivity contribution is -0.138. The second-order valence-electron chi connectivity index (χ2n) is 8.50. The maximum Gasteiger partial charge on any atom is 0.416 e. The van der Waals surface area contributed by atoms with E-state index in [1.165, 1.54) is 11.0 Å². The Morgan fingerprint density at radius 3 is 2.38 bits per heavy atom. The zero-order valence-corrected chi connectivity index (χ0v) is 19.7. The van der Waals surface area contributed by atoms with E-state index in [0.717, 1.165) is 29.8 Å². The van der Waals surface area contributed by atoms with Crippen LogP contribution in [0.2, 0.25) is 0 Å². The van der Waals surface area contributed by atoms with Crippen LogP contribution in [0.3, 0.4) is 0 Å². The van der Waals surface area contributed by atoms with Gasteiger partial charge in [0.1, 0.15) is 0 Å². The van der Waals surface area contributed by atoms with Gasteiger partial charge in [0, 0.05) is 44.6 Å². The van der Waals surface area contributed by atoms with E-state index in [1.54, 1.807) is 20.0 Å². The molecular formula is C25H31F3N4O2. The van der Waals surface area contributed by atoms with Crippen LogP contribution < -0.4 is 10.2 Å². The van der Waals surface area contributed by atoms with Crippen molar-refractivity contribution in [2.24, 2.45) is 0 Å². The van der Waals surface area contributed by atoms with Crippen molar-refractivity contribution in [3.05, 3.63) is 59.7 Å². The van der Waals surface area contributed by atoms with Gasteiger partial charge in [0.15, 0.2) is 0 Å². The highest BCUT2D eigenvalue weighted by Gasteiger charge is 2.32. The van der Waals surface area contributed by atoms with Crippen molar-refractivity contribution in [3.63, 3.8) is 0 Å². The maximum absolute atomic E-state index is 13.0. The molecule has 0 aromatic heterocycles. The molecule has 0 radical (unpaired) electrons. The van der Waals surface area contributed by atoms with Crippen LogP contribution in [0.5, 0.6) is 0 Å². The average Bonchev–Trinajstić information content (AvgIpc) is 2.83. The van der Waals surface area contributed by atoms with Crippen molar-refractivity contribution >= 4 is 23.2 Å². The number of hydrogen-bond acceptors (Lipinski definition) is 4. The highest BCUT2D eigenvalue weighted by molar-refractivity contribution is 5.95. The number of nitrogens with one attached hydrogen (secondary N) is 1. The molecule has 1 aliphatic heterocycles. The van der Waals surface area contributed by atoms with Crippen molar-refractivity contribution in [1.82, 2.24) is 9.80 Å². The van der Waals surface area contributed by atoms with Gasteiger partial charge >= 0.3 is 6.18 Å². The van der Waals surface area contributed by atoms with E-state index in [1.807, 2.05) is 41.0 Å². The molecule has 9 heteroatoms. The minimum Gasteiger partial charge on any atom is -0.369 e. The summed E-state index contributed by atoms with van der Waals surface area (Å²) in [4.78, 5) is 30.7. The highest BCUT2D eigenvalue weighted by atomic mass is 19.4. The fraction of sp³-hybridized carbons (Fsp3) is 0.440. The molecule has 0 saturated carbocycles. The Morgan fingerprint density at radius 1 is 1.06 bits per heavy atom. The van der Waals surface area contributed by atoms with E-state index in [2.05, 4.69) is 5.32 Å². The predicted molar refractivity (Wildman–Crippen MR) is 127 cm³/mol. The van der Waals surface area contributed by atoms with Crippen molar-refractivity contribution in [2.45, 2.75) is 32.5 Å². The molecule has 2 aromatic carbocycles. The predicted octanol–water partition coefficient (Wildman–Crippen LogP) is 3.88. The van der Waals surface area contributed by atoms with Crippen LogP contribution in [0.4, 0.5) is 24.5 Å². The number of anilines is 2. The lowest BCUT2D eigenvalue weighted by atomic mass is 10.1. The molecule has 2 amide bonds. The molecule has 0 spiro atoms. The Hall–Kier alpha value is -3.07. The minimum atomic E-state index is -4.38. The van der Waals surface area contributed by atoms with Crippen LogP contribution in [0.25, 0.3) is 0 Å². The number of nitrogens with zero attached hydrogens (tertiary/aromatic N) is 3. The van der Waals surface area contributed by atoms with Crippen molar-refractivity contribution in [3.8, 4) is 0 Å². The van der Waals surface area contributed by atoms with Gasteiger partial charge in [0.25, 0.3) is 0 Å². The van der Waals surface area contributed by atoms with Crippen LogP contribution in [-0.2, 0) is 22.2 Å². The first kappa shape index (κ1) is 25.6. The van der Waals surface area contributed by atoms with Crippen molar-refractivity contribution < 1.29 is 22.8 Å². The number of carbonyl (C=O) groups excluding carboxylic acids is 2. The SMILES string of the molecule is CCc1ccccc1NC(=O)CN(C)C(=O)C(C)N1CCN(c2cccc(C(F)(F)F)c2)CC1. The molecule has 6 nitrogen and oxygen atoms in total. The molecule has 184 valence electrons. The second-order valence-corrected chi connectivity index (χ2v) is 8.50. The summed E-state index contributed by atoms with van der Waals surface area (Å²) in [6.45, 7) is 5.83. The molecule has 1 atom stereocenters. The number of amides is 2. The van der Waals surface area contributed by atoms with E-state index >= 15 is 0 Å². The van der Waals surface area contributed by atoms with Gasteiger partial charge in [0.05, 0.1) is 18.2 Å². The second kappa shape index (κ2) is 10.9. The molecule has 1 N–H and O–H groups in total. The summed E-state index contributed by atoms with van der Waals surface area (Å²) in [6, 6.07) is 12.4. The number of halogens is 3. The minimum absolute atomic E-state index is 0.0641. The third-order valence-corrected chi connectivity index (χ3v) is 6.19. The number of carbonyl (C=O) groups is 2. The average molecular weight is 477 g/mol. The zero-order chi connectivity index (χ0) is 24.9. The quantitative estimate of drug-likeness (QED) is 0.659. The number of piperazine rings is 1. The number of alkyl halides is 3. The third kappa shape index (κ3) is 6.28. The first-order valence-corrected chi connectivity index (χ1v) is 11.4. The molecule has 1 fully saturated rings. The molecule has 1 unspecified atom stereocenters. The van der Waals surface area contributed by atoms with Crippen LogP contribution in [0, 0.1) is 0 Å². The summed E-state index contributed by atoms with van der Waals surface area (Å²) in [7, 11) is 1.60. The molecule has 2 aromatic rings. The van der Waals surface area contributed by atoms with E-state index < -0.39 is 17.8 Å². The van der Waals surface area contributed by atoms with Crippen LogP contribution in [-0.4, -0.2) is 67.4 Å². The van der Waals surface area contributed by atoms with Crippen LogP contribution in [0.15, 0.2) is 48.5 Å². The summed E-state index contributed by atoms with van der Waals surface area (Å²) in [5, 5.41) is 2.87. The number of benzene rings is 2. The molecule has 34 heavy (non-hydrogen) atoms. The van der Waals surface area contributed by atoms with Gasteiger partial charge in [0.2, 0.25) is 11.8 Å². The van der Waals surface area contributed by atoms with Gasteiger partial charge < -0.3 is 15.1 Å². The van der Waals surface area contributed by atoms with Gasteiger partial charge in [-0.1, -0.05) is 31.2 Å². The lowest BCUT2D eigenvalue weighted by Gasteiger charge is -2.39. The number of para-hydroxylation sites is 1. The van der Waals surface area contributed by atoms with Crippen LogP contribution >= 0.6 is 0 Å². The smallest absolute Gasteiger partial charge is 0.369 e. The summed E-state index contributed by atoms with van der Waals surface area (Å²) >= 11 is 0. The van der Waals surface area contributed by atoms with Crippen molar-refractivity contribution in [2.75, 3.05) is 50.0 Å². The molecule has 0 aliphatic carbocycles. The maximum atomic E-state index is 13.0. The van der Waals surface area contributed by atoms with E-state index in [0.29, 0.717) is 31.9 Å². The summed E-state index contributed by atoms with van der Waals surface area (Å²) < 4.78 is 39.1. The Bertz CT molecular complexity index is 1000. The zero-order valence-electron chi connectivity index (χ0n) is 19.7. The Labute approximate surface area is 198 Å². The molecule has 1 saturated heterocycles. The van der Waals surface area contributed by atoms with Gasteiger partial charge in [-0.15, -0.1) is 0 Å². The summed E-state index contributed by atoms with van der Waals surface area (Å²) in [5.74, 6) is -0.440. The largest absolute Gasteiger partial charge is 0.416 e. The van der Waals surface area contributed by atoms with E-state index in [4.69, 9.17) is 0 Å². The number of rotatable bonds is 7. The Balaban J connectivity index is 1.53. The van der Waals surface area contributed by atoms with Gasteiger partial charge in [-0.2, -0.15) is 13.2 Å². The van der Waals surface area contributed by atoms with Gasteiger partial charge in [-0.3, -0.25) is 14.5 Å². The van der Waals surface area contributed by atoms with E-state index in [9.17, 15) is 22.8 Å². The van der Waals surface area contributed by atoms with E-state index in [-0.39, 0.29) is 18.4 Å². The van der Waals surface area contributed by atoms with Crippen molar-refractivity contribution in [1.29, 1.82) is 0 Å². The van der Waals surface area contributed by atoms with Gasteiger partial charge in [-0.25, -0.2) is 0 Å². The lowest BCUT2D eigenvalue weighted by Crippen LogP contribution is -2.54. The Kier molecular flexibility index (Phi) is 8.19. The summed E-state index contributed by atoms with van der Waals surface area (Å²) in [6.07, 6.45) is -3.59. The fourth-order valence-electron chi connectivity index (χ4n) is 4.16. The topological polar surface area (TPSA) is 55.9 Å². The number of aryl methyl sites for hydroxylation is 1. The number of hydrogen-bond donors (Lipinski definition) is 1. The normalized spacial score (nSPS) is 15.6. The molecule has 1 aliphatic rings. The first-order valence-electron chi connectivity index (χ1n) is 11.4. The molecule has 1 heterocycles. The molecule has 3 rings (SSSR count). The van der Waals surface area contributed by atoms with Crippen LogP contribution in [0.1, 0.15) is 25.0 Å². The third-order valence-electron chi connectivity index (χ3n) is 6.19. The fourth-order valence-corrected chi connectivity index (χ4v) is 4.16. The monoisotopic (exact) mass is 476 g/mol. The van der Waals surface area contributed by atoms with Gasteiger partial charge in [-0.05, 0) is 43.2 Å². The summed E-state index contributed by atoms with van der Waals surface area (Å²) in [5.41, 5.74) is 1.62. The molecular weight excluding hydrogens is 445 g/mol. The molecule has 0 bridgehead atoms. The number of likely N-dealkylation sites (N-methyl/N-ethyl adjacent to an activating group) is 1.